The van der Waals surface area contributed by atoms with Gasteiger partial charge in [-0.05, 0) is 39.7 Å². The molecule has 0 aromatic heterocycles. The monoisotopic (exact) mass is 212 g/mol. The summed E-state index contributed by atoms with van der Waals surface area (Å²) in [7, 11) is 2.09. The Labute approximate surface area is 93.2 Å². The minimum absolute atomic E-state index is 0.394. The summed E-state index contributed by atoms with van der Waals surface area (Å²) in [4.78, 5) is 2.55. The number of rotatable bonds is 4. The first-order valence-corrected chi connectivity index (χ1v) is 6.24. The van der Waals surface area contributed by atoms with E-state index in [4.69, 9.17) is 4.74 Å². The molecule has 3 atom stereocenters. The summed E-state index contributed by atoms with van der Waals surface area (Å²) in [5, 5.41) is 3.46. The van der Waals surface area contributed by atoms with Gasteiger partial charge in [0.25, 0.3) is 0 Å². The van der Waals surface area contributed by atoms with E-state index in [9.17, 15) is 0 Å². The van der Waals surface area contributed by atoms with Gasteiger partial charge in [-0.1, -0.05) is 0 Å². The van der Waals surface area contributed by atoms with Crippen LogP contribution in [0.5, 0.6) is 0 Å². The van der Waals surface area contributed by atoms with Crippen molar-refractivity contribution in [3.63, 3.8) is 0 Å². The van der Waals surface area contributed by atoms with E-state index in [0.29, 0.717) is 18.2 Å². The normalized spacial score (nSPS) is 35.4. The highest BCUT2D eigenvalue weighted by Gasteiger charge is 2.32. The van der Waals surface area contributed by atoms with Crippen molar-refractivity contribution in [3.8, 4) is 0 Å². The molecule has 0 bridgehead atoms. The molecule has 0 radical (unpaired) electrons. The Kier molecular flexibility index (Phi) is 3.65. The average molecular weight is 212 g/mol. The molecule has 88 valence electrons. The molecule has 0 amide bonds. The predicted molar refractivity (Wildman–Crippen MR) is 62.0 cm³/mol. The maximum absolute atomic E-state index is 5.75. The van der Waals surface area contributed by atoms with Gasteiger partial charge in [-0.3, -0.25) is 4.90 Å². The summed E-state index contributed by atoms with van der Waals surface area (Å²) >= 11 is 0. The van der Waals surface area contributed by atoms with Gasteiger partial charge in [0.15, 0.2) is 0 Å². The van der Waals surface area contributed by atoms with Crippen LogP contribution in [-0.4, -0.2) is 49.8 Å². The SMILES string of the molecule is CNC(CN1C[C@@H](C)O[C@@H](C)C1)C1CC1. The largest absolute Gasteiger partial charge is 0.373 e. The standard InChI is InChI=1S/C12H24N2O/c1-9-6-14(7-10(2)15-9)8-12(13-3)11-4-5-11/h9-13H,4-8H2,1-3H3/t9-,10+,12?. The van der Waals surface area contributed by atoms with Gasteiger partial charge in [0, 0.05) is 25.7 Å². The zero-order valence-electron chi connectivity index (χ0n) is 10.2. The van der Waals surface area contributed by atoms with Gasteiger partial charge in [0.2, 0.25) is 0 Å². The number of likely N-dealkylation sites (N-methyl/N-ethyl adjacent to an activating group) is 1. The Bertz CT molecular complexity index is 196. The maximum Gasteiger partial charge on any atom is 0.0678 e. The fourth-order valence-electron chi connectivity index (χ4n) is 2.69. The van der Waals surface area contributed by atoms with Crippen LogP contribution in [0.1, 0.15) is 26.7 Å². The molecule has 2 fully saturated rings. The maximum atomic E-state index is 5.75. The third kappa shape index (κ3) is 3.16. The smallest absolute Gasteiger partial charge is 0.0678 e. The number of nitrogens with zero attached hydrogens (tertiary/aromatic N) is 1. The van der Waals surface area contributed by atoms with Gasteiger partial charge in [0.1, 0.15) is 0 Å². The highest BCUT2D eigenvalue weighted by Crippen LogP contribution is 2.33. The Morgan fingerprint density at radius 1 is 1.27 bits per heavy atom. The first kappa shape index (κ1) is 11.4. The van der Waals surface area contributed by atoms with Crippen LogP contribution in [0.25, 0.3) is 0 Å². The third-order valence-corrected chi connectivity index (χ3v) is 3.51. The summed E-state index contributed by atoms with van der Waals surface area (Å²) in [5.41, 5.74) is 0. The molecule has 1 saturated heterocycles. The average Bonchev–Trinajstić information content (AvgIpc) is 2.95. The first-order chi connectivity index (χ1) is 7.19. The quantitative estimate of drug-likeness (QED) is 0.755. The fourth-order valence-corrected chi connectivity index (χ4v) is 2.69. The van der Waals surface area contributed by atoms with Crippen molar-refractivity contribution in [2.24, 2.45) is 5.92 Å². The summed E-state index contributed by atoms with van der Waals surface area (Å²) in [6.45, 7) is 7.73. The summed E-state index contributed by atoms with van der Waals surface area (Å²) < 4.78 is 5.75. The van der Waals surface area contributed by atoms with E-state index in [1.165, 1.54) is 19.4 Å². The molecule has 0 aromatic carbocycles. The van der Waals surface area contributed by atoms with E-state index in [1.54, 1.807) is 0 Å². The number of ether oxygens (including phenoxy) is 1. The van der Waals surface area contributed by atoms with Crippen molar-refractivity contribution < 1.29 is 4.74 Å². The minimum Gasteiger partial charge on any atom is -0.373 e. The van der Waals surface area contributed by atoms with Crippen LogP contribution in [0.3, 0.4) is 0 Å². The Hall–Kier alpha value is -0.120. The minimum atomic E-state index is 0.394. The molecule has 2 rings (SSSR count). The molecule has 1 heterocycles. The lowest BCUT2D eigenvalue weighted by molar-refractivity contribution is -0.0701. The zero-order valence-corrected chi connectivity index (χ0v) is 10.2. The van der Waals surface area contributed by atoms with E-state index in [1.807, 2.05) is 0 Å². The molecule has 1 saturated carbocycles. The van der Waals surface area contributed by atoms with Crippen molar-refractivity contribution in [1.29, 1.82) is 0 Å². The van der Waals surface area contributed by atoms with Gasteiger partial charge in [0.05, 0.1) is 12.2 Å². The number of hydrogen-bond acceptors (Lipinski definition) is 3. The van der Waals surface area contributed by atoms with Crippen LogP contribution in [0.2, 0.25) is 0 Å². The Morgan fingerprint density at radius 3 is 2.33 bits per heavy atom. The van der Waals surface area contributed by atoms with Gasteiger partial charge in [-0.25, -0.2) is 0 Å². The van der Waals surface area contributed by atoms with Gasteiger partial charge in [-0.2, -0.15) is 0 Å². The summed E-state index contributed by atoms with van der Waals surface area (Å²) in [5.74, 6) is 0.934. The van der Waals surface area contributed by atoms with Gasteiger partial charge in [-0.15, -0.1) is 0 Å². The van der Waals surface area contributed by atoms with Crippen molar-refractivity contribution in [2.75, 3.05) is 26.7 Å². The van der Waals surface area contributed by atoms with Crippen molar-refractivity contribution in [2.45, 2.75) is 44.9 Å². The van der Waals surface area contributed by atoms with E-state index in [0.717, 1.165) is 19.0 Å². The molecular formula is C12H24N2O. The van der Waals surface area contributed by atoms with E-state index in [2.05, 4.69) is 31.1 Å². The lowest BCUT2D eigenvalue weighted by atomic mass is 10.1. The van der Waals surface area contributed by atoms with E-state index < -0.39 is 0 Å². The molecule has 1 aliphatic heterocycles. The molecule has 0 aromatic rings. The number of morpholine rings is 1. The van der Waals surface area contributed by atoms with E-state index >= 15 is 0 Å². The van der Waals surface area contributed by atoms with Crippen LogP contribution in [-0.2, 0) is 4.74 Å². The third-order valence-electron chi connectivity index (χ3n) is 3.51. The molecule has 2 aliphatic rings. The number of nitrogens with one attached hydrogen (secondary N) is 1. The molecule has 0 spiro atoms. The zero-order chi connectivity index (χ0) is 10.8. The van der Waals surface area contributed by atoms with Crippen molar-refractivity contribution in [3.05, 3.63) is 0 Å². The first-order valence-electron chi connectivity index (χ1n) is 6.24. The molecule has 15 heavy (non-hydrogen) atoms. The molecule has 3 heteroatoms. The highest BCUT2D eigenvalue weighted by molar-refractivity contribution is 4.89. The molecule has 1 unspecified atom stereocenters. The van der Waals surface area contributed by atoms with E-state index in [-0.39, 0.29) is 0 Å². The molecule has 1 aliphatic carbocycles. The van der Waals surface area contributed by atoms with Crippen LogP contribution in [0.15, 0.2) is 0 Å². The number of hydrogen-bond donors (Lipinski definition) is 1. The van der Waals surface area contributed by atoms with Gasteiger partial charge < -0.3 is 10.1 Å². The molecule has 3 nitrogen and oxygen atoms in total. The lowest BCUT2D eigenvalue weighted by Gasteiger charge is -2.37. The summed E-state index contributed by atoms with van der Waals surface area (Å²) in [6, 6.07) is 0.697. The van der Waals surface area contributed by atoms with Crippen molar-refractivity contribution in [1.82, 2.24) is 10.2 Å². The summed E-state index contributed by atoms with van der Waals surface area (Å²) in [6.07, 6.45) is 3.62. The second-order valence-electron chi connectivity index (χ2n) is 5.21. The second kappa shape index (κ2) is 4.81. The lowest BCUT2D eigenvalue weighted by Crippen LogP contribution is -2.50. The van der Waals surface area contributed by atoms with Crippen LogP contribution >= 0.6 is 0 Å². The second-order valence-corrected chi connectivity index (χ2v) is 5.21. The fraction of sp³-hybridized carbons (Fsp3) is 1.00. The molecule has 1 N–H and O–H groups in total. The molecular weight excluding hydrogens is 188 g/mol. The van der Waals surface area contributed by atoms with Crippen molar-refractivity contribution >= 4 is 0 Å². The van der Waals surface area contributed by atoms with Gasteiger partial charge >= 0.3 is 0 Å². The van der Waals surface area contributed by atoms with Crippen LogP contribution in [0, 0.1) is 5.92 Å². The Balaban J connectivity index is 1.81. The Morgan fingerprint density at radius 2 is 1.87 bits per heavy atom. The van der Waals surface area contributed by atoms with Crippen LogP contribution in [0.4, 0.5) is 0 Å². The topological polar surface area (TPSA) is 24.5 Å². The van der Waals surface area contributed by atoms with Crippen LogP contribution < -0.4 is 5.32 Å². The predicted octanol–water partition coefficient (Wildman–Crippen LogP) is 1.09. The highest BCUT2D eigenvalue weighted by atomic mass is 16.5.